The van der Waals surface area contributed by atoms with Gasteiger partial charge in [-0.25, -0.2) is 4.98 Å². The molecule has 4 rings (SSSR count). The highest BCUT2D eigenvalue weighted by Gasteiger charge is 2.18. The van der Waals surface area contributed by atoms with Gasteiger partial charge in [-0.05, 0) is 36.2 Å². The second-order valence-electron chi connectivity index (χ2n) is 8.13. The fourth-order valence-corrected chi connectivity index (χ4v) is 4.23. The molecule has 0 atom stereocenters. The van der Waals surface area contributed by atoms with E-state index >= 15 is 0 Å². The highest BCUT2D eigenvalue weighted by Crippen LogP contribution is 2.33. The molecule has 3 heterocycles. The standard InChI is InChI=1S/C25H23Cl2N7O3/c26-17-4-5-18(21(27)11-17)19-14-33(15-20(19)25(35)31-13-16-3-1-8-29-12-16)10-2-9-30-23-7-6-22(34(36)37)24(28)32-23/h1,3-8,11-12,14-15H,2,9-10,13H2,(H,31,35)(H3,28,30,32). The number of amides is 1. The van der Waals surface area contributed by atoms with Gasteiger partial charge in [0, 0.05) is 71.7 Å². The molecule has 3 aromatic heterocycles. The lowest BCUT2D eigenvalue weighted by Gasteiger charge is -2.08. The number of carbonyl (C=O) groups is 1. The van der Waals surface area contributed by atoms with Gasteiger partial charge in [0.2, 0.25) is 5.82 Å². The smallest absolute Gasteiger partial charge is 0.311 e. The van der Waals surface area contributed by atoms with Gasteiger partial charge in [0.25, 0.3) is 5.91 Å². The number of nitrogens with two attached hydrogens (primary N) is 1. The summed E-state index contributed by atoms with van der Waals surface area (Å²) in [6, 6.07) is 11.7. The first-order valence-electron chi connectivity index (χ1n) is 11.3. The number of aryl methyl sites for hydroxylation is 1. The number of nitrogens with zero attached hydrogens (tertiary/aromatic N) is 4. The van der Waals surface area contributed by atoms with Gasteiger partial charge < -0.3 is 20.9 Å². The second kappa shape index (κ2) is 11.7. The van der Waals surface area contributed by atoms with Gasteiger partial charge in [0.1, 0.15) is 5.82 Å². The lowest BCUT2D eigenvalue weighted by Crippen LogP contribution is -2.23. The minimum atomic E-state index is -0.576. The number of hydrogen-bond acceptors (Lipinski definition) is 7. The Morgan fingerprint density at radius 3 is 2.68 bits per heavy atom. The third kappa shape index (κ3) is 6.54. The van der Waals surface area contributed by atoms with Crippen molar-refractivity contribution in [3.63, 3.8) is 0 Å². The molecule has 10 nitrogen and oxygen atoms in total. The van der Waals surface area contributed by atoms with Gasteiger partial charge >= 0.3 is 5.69 Å². The summed E-state index contributed by atoms with van der Waals surface area (Å²) in [6.07, 6.45) is 7.70. The number of nitrogens with one attached hydrogen (secondary N) is 2. The average molecular weight is 540 g/mol. The zero-order chi connectivity index (χ0) is 26.4. The Morgan fingerprint density at radius 2 is 1.97 bits per heavy atom. The maximum Gasteiger partial charge on any atom is 0.311 e. The van der Waals surface area contributed by atoms with E-state index in [4.69, 9.17) is 28.9 Å². The number of benzene rings is 1. The number of rotatable bonds is 10. The number of nitrogen functional groups attached to an aromatic ring is 1. The van der Waals surface area contributed by atoms with E-state index in [2.05, 4.69) is 20.6 Å². The van der Waals surface area contributed by atoms with Crippen molar-refractivity contribution in [2.75, 3.05) is 17.6 Å². The first kappa shape index (κ1) is 25.9. The van der Waals surface area contributed by atoms with Crippen molar-refractivity contribution in [3.05, 3.63) is 98.5 Å². The molecule has 0 saturated heterocycles. The van der Waals surface area contributed by atoms with Crippen LogP contribution in [-0.2, 0) is 13.1 Å². The van der Waals surface area contributed by atoms with Crippen LogP contribution in [0, 0.1) is 10.1 Å². The molecule has 1 amide bonds. The summed E-state index contributed by atoms with van der Waals surface area (Å²) in [4.78, 5) is 31.5. The molecular formula is C25H23Cl2N7O3. The predicted octanol–water partition coefficient (Wildman–Crippen LogP) is 5.17. The van der Waals surface area contributed by atoms with E-state index in [0.29, 0.717) is 58.6 Å². The Hall–Kier alpha value is -4.15. The van der Waals surface area contributed by atoms with Crippen molar-refractivity contribution in [1.29, 1.82) is 0 Å². The van der Waals surface area contributed by atoms with Crippen LogP contribution in [0.25, 0.3) is 11.1 Å². The zero-order valence-electron chi connectivity index (χ0n) is 19.5. The number of halogens is 2. The van der Waals surface area contributed by atoms with Crippen molar-refractivity contribution in [2.24, 2.45) is 0 Å². The summed E-state index contributed by atoms with van der Waals surface area (Å²) >= 11 is 12.5. The van der Waals surface area contributed by atoms with E-state index in [1.54, 1.807) is 36.8 Å². The highest BCUT2D eigenvalue weighted by molar-refractivity contribution is 6.36. The van der Waals surface area contributed by atoms with Gasteiger partial charge in [-0.3, -0.25) is 19.9 Å². The zero-order valence-corrected chi connectivity index (χ0v) is 21.0. The van der Waals surface area contributed by atoms with Gasteiger partial charge in [-0.2, -0.15) is 0 Å². The fraction of sp³-hybridized carbons (Fsp3) is 0.160. The minimum Gasteiger partial charge on any atom is -0.378 e. The number of hydrogen-bond donors (Lipinski definition) is 3. The van der Waals surface area contributed by atoms with Crippen LogP contribution in [0.15, 0.2) is 67.3 Å². The Bertz CT molecular complexity index is 1430. The fourth-order valence-electron chi connectivity index (χ4n) is 3.72. The van der Waals surface area contributed by atoms with Crippen LogP contribution in [0.1, 0.15) is 22.3 Å². The highest BCUT2D eigenvalue weighted by atomic mass is 35.5. The molecule has 1 aromatic carbocycles. The van der Waals surface area contributed by atoms with Crippen LogP contribution < -0.4 is 16.4 Å². The summed E-state index contributed by atoms with van der Waals surface area (Å²) in [5, 5.41) is 17.9. The SMILES string of the molecule is Nc1nc(NCCCn2cc(C(=O)NCc3cccnc3)c(-c3ccc(Cl)cc3Cl)c2)ccc1[N+](=O)[O-]. The third-order valence-electron chi connectivity index (χ3n) is 5.52. The molecule has 190 valence electrons. The molecule has 0 aliphatic rings. The molecule has 0 saturated carbocycles. The molecule has 0 bridgehead atoms. The molecule has 37 heavy (non-hydrogen) atoms. The van der Waals surface area contributed by atoms with Gasteiger partial charge in [-0.1, -0.05) is 35.3 Å². The predicted molar refractivity (Wildman–Crippen MR) is 144 cm³/mol. The molecule has 0 aliphatic carbocycles. The topological polar surface area (TPSA) is 141 Å². The van der Waals surface area contributed by atoms with Crippen LogP contribution in [0.3, 0.4) is 0 Å². The lowest BCUT2D eigenvalue weighted by atomic mass is 10.0. The number of aromatic nitrogens is 3. The number of anilines is 2. The Labute approximate surface area is 222 Å². The maximum atomic E-state index is 13.1. The first-order valence-corrected chi connectivity index (χ1v) is 12.0. The van der Waals surface area contributed by atoms with Crippen molar-refractivity contribution >= 4 is 46.4 Å². The summed E-state index contributed by atoms with van der Waals surface area (Å²) in [5.74, 6) is 0.0545. The molecular weight excluding hydrogens is 517 g/mol. The Balaban J connectivity index is 1.47. The number of pyridine rings is 2. The molecule has 0 spiro atoms. The summed E-state index contributed by atoms with van der Waals surface area (Å²) in [5.41, 5.74) is 8.15. The Morgan fingerprint density at radius 1 is 1.14 bits per heavy atom. The second-order valence-corrected chi connectivity index (χ2v) is 8.97. The van der Waals surface area contributed by atoms with Crippen LogP contribution in [0.5, 0.6) is 0 Å². The molecule has 4 N–H and O–H groups in total. The van der Waals surface area contributed by atoms with Crippen LogP contribution in [0.2, 0.25) is 10.0 Å². The van der Waals surface area contributed by atoms with Gasteiger partial charge in [0.05, 0.1) is 10.5 Å². The Kier molecular flexibility index (Phi) is 8.22. The third-order valence-corrected chi connectivity index (χ3v) is 6.07. The van der Waals surface area contributed by atoms with Crippen molar-refractivity contribution in [1.82, 2.24) is 19.9 Å². The largest absolute Gasteiger partial charge is 0.378 e. The minimum absolute atomic E-state index is 0.146. The van der Waals surface area contributed by atoms with E-state index in [-0.39, 0.29) is 17.4 Å². The van der Waals surface area contributed by atoms with E-state index in [9.17, 15) is 14.9 Å². The van der Waals surface area contributed by atoms with Crippen LogP contribution in [-0.4, -0.2) is 31.9 Å². The molecule has 12 heteroatoms. The van der Waals surface area contributed by atoms with E-state index in [0.717, 1.165) is 5.56 Å². The van der Waals surface area contributed by atoms with E-state index in [1.807, 2.05) is 22.9 Å². The van der Waals surface area contributed by atoms with E-state index in [1.165, 1.54) is 12.1 Å². The number of nitro groups is 1. The van der Waals surface area contributed by atoms with Crippen molar-refractivity contribution in [3.8, 4) is 11.1 Å². The van der Waals surface area contributed by atoms with E-state index < -0.39 is 4.92 Å². The van der Waals surface area contributed by atoms with Crippen molar-refractivity contribution < 1.29 is 9.72 Å². The van der Waals surface area contributed by atoms with Gasteiger partial charge in [-0.15, -0.1) is 0 Å². The van der Waals surface area contributed by atoms with Crippen LogP contribution >= 0.6 is 23.2 Å². The summed E-state index contributed by atoms with van der Waals surface area (Å²) in [6.45, 7) is 1.45. The molecule has 0 aliphatic heterocycles. The normalized spacial score (nSPS) is 10.8. The average Bonchev–Trinajstić information content (AvgIpc) is 3.29. The number of carbonyl (C=O) groups excluding carboxylic acids is 1. The maximum absolute atomic E-state index is 13.1. The quantitative estimate of drug-likeness (QED) is 0.143. The summed E-state index contributed by atoms with van der Waals surface area (Å²) < 4.78 is 1.92. The summed E-state index contributed by atoms with van der Waals surface area (Å²) in [7, 11) is 0. The molecule has 4 aromatic rings. The first-order chi connectivity index (χ1) is 17.8. The monoisotopic (exact) mass is 539 g/mol. The molecule has 0 radical (unpaired) electrons. The van der Waals surface area contributed by atoms with Gasteiger partial charge in [0.15, 0.2) is 0 Å². The van der Waals surface area contributed by atoms with Crippen LogP contribution in [0.4, 0.5) is 17.3 Å². The molecule has 0 fully saturated rings. The van der Waals surface area contributed by atoms with Crippen molar-refractivity contribution in [2.45, 2.75) is 19.5 Å². The lowest BCUT2D eigenvalue weighted by molar-refractivity contribution is -0.384. The molecule has 0 unspecified atom stereocenters.